The smallest absolute Gasteiger partial charge is 0.234 e. The van der Waals surface area contributed by atoms with Crippen molar-refractivity contribution in [2.45, 2.75) is 71.4 Å². The molecule has 17 heavy (non-hydrogen) atoms. The van der Waals surface area contributed by atoms with Crippen LogP contribution < -0.4 is 11.1 Å². The molecule has 1 aliphatic carbocycles. The second kappa shape index (κ2) is 7.00. The van der Waals surface area contributed by atoms with E-state index in [1.165, 1.54) is 32.1 Å². The van der Waals surface area contributed by atoms with Crippen LogP contribution in [-0.2, 0) is 4.79 Å². The third-order valence-electron chi connectivity index (χ3n) is 3.94. The van der Waals surface area contributed by atoms with E-state index in [0.29, 0.717) is 6.04 Å². The van der Waals surface area contributed by atoms with E-state index in [1.807, 2.05) is 6.92 Å². The third kappa shape index (κ3) is 4.66. The molecule has 3 nitrogen and oxygen atoms in total. The second-order valence-electron chi connectivity index (χ2n) is 5.80. The van der Waals surface area contributed by atoms with Crippen LogP contribution in [0.1, 0.15) is 59.3 Å². The van der Waals surface area contributed by atoms with Crippen LogP contribution in [0.5, 0.6) is 0 Å². The van der Waals surface area contributed by atoms with Crippen LogP contribution in [0, 0.1) is 11.8 Å². The Morgan fingerprint density at radius 3 is 2.65 bits per heavy atom. The Kier molecular flexibility index (Phi) is 5.96. The first kappa shape index (κ1) is 14.5. The number of amides is 1. The molecule has 100 valence electrons. The molecule has 1 fully saturated rings. The molecule has 0 aromatic rings. The van der Waals surface area contributed by atoms with Gasteiger partial charge in [0.1, 0.15) is 0 Å². The van der Waals surface area contributed by atoms with Gasteiger partial charge in [-0.2, -0.15) is 0 Å². The van der Waals surface area contributed by atoms with Crippen molar-refractivity contribution in [2.24, 2.45) is 17.6 Å². The summed E-state index contributed by atoms with van der Waals surface area (Å²) in [5.74, 6) is 1.31. The van der Waals surface area contributed by atoms with Gasteiger partial charge in [-0.25, -0.2) is 0 Å². The molecule has 1 saturated carbocycles. The van der Waals surface area contributed by atoms with Crippen molar-refractivity contribution in [1.29, 1.82) is 0 Å². The molecule has 3 N–H and O–H groups in total. The Balaban J connectivity index is 2.42. The molecule has 1 rings (SSSR count). The summed E-state index contributed by atoms with van der Waals surface area (Å²) in [6.07, 6.45) is 7.16. The molecule has 0 radical (unpaired) electrons. The predicted molar refractivity (Wildman–Crippen MR) is 71.6 cm³/mol. The average Bonchev–Trinajstić information content (AvgIpc) is 2.69. The van der Waals surface area contributed by atoms with Crippen LogP contribution in [0.25, 0.3) is 0 Å². The van der Waals surface area contributed by atoms with E-state index in [0.717, 1.165) is 18.3 Å². The van der Waals surface area contributed by atoms with Gasteiger partial charge in [0.25, 0.3) is 0 Å². The number of nitrogens with one attached hydrogen (secondary N) is 1. The van der Waals surface area contributed by atoms with Crippen molar-refractivity contribution in [3.05, 3.63) is 0 Å². The van der Waals surface area contributed by atoms with Crippen molar-refractivity contribution < 1.29 is 4.79 Å². The Hall–Kier alpha value is -0.570. The Bertz CT molecular complexity index is 240. The van der Waals surface area contributed by atoms with Crippen LogP contribution in [-0.4, -0.2) is 18.0 Å². The highest BCUT2D eigenvalue weighted by atomic mass is 16.1. The van der Waals surface area contributed by atoms with Gasteiger partial charge in [-0.3, -0.25) is 4.79 Å². The van der Waals surface area contributed by atoms with Gasteiger partial charge in [0.15, 0.2) is 0 Å². The standard InChI is InChI=1S/C14H28N2O/c1-4-12(14(15)17)16-13-7-5-6-11(13)9-8-10(2)3/h10-13,16H,4-9H2,1-3H3,(H2,15,17)/t11-,12-,13+/m0/s1. The van der Waals surface area contributed by atoms with Crippen LogP contribution in [0.3, 0.4) is 0 Å². The summed E-state index contributed by atoms with van der Waals surface area (Å²) in [6, 6.07) is 0.367. The Morgan fingerprint density at radius 1 is 1.41 bits per heavy atom. The normalized spacial score (nSPS) is 26.4. The van der Waals surface area contributed by atoms with Crippen molar-refractivity contribution >= 4 is 5.91 Å². The van der Waals surface area contributed by atoms with Crippen LogP contribution in [0.2, 0.25) is 0 Å². The summed E-state index contributed by atoms with van der Waals surface area (Å²) in [7, 11) is 0. The molecule has 0 spiro atoms. The topological polar surface area (TPSA) is 55.1 Å². The zero-order valence-corrected chi connectivity index (χ0v) is 11.5. The zero-order valence-electron chi connectivity index (χ0n) is 11.5. The van der Waals surface area contributed by atoms with Gasteiger partial charge in [0.05, 0.1) is 6.04 Å². The number of hydrogen-bond donors (Lipinski definition) is 2. The Morgan fingerprint density at radius 2 is 2.12 bits per heavy atom. The molecule has 0 heterocycles. The zero-order chi connectivity index (χ0) is 12.8. The van der Waals surface area contributed by atoms with E-state index in [9.17, 15) is 4.79 Å². The maximum absolute atomic E-state index is 11.3. The van der Waals surface area contributed by atoms with E-state index >= 15 is 0 Å². The maximum Gasteiger partial charge on any atom is 0.234 e. The molecule has 0 aromatic carbocycles. The molecule has 1 amide bonds. The number of carbonyl (C=O) groups excluding carboxylic acids is 1. The summed E-state index contributed by atoms with van der Waals surface area (Å²) < 4.78 is 0. The maximum atomic E-state index is 11.3. The van der Waals surface area contributed by atoms with E-state index < -0.39 is 0 Å². The number of primary amides is 1. The van der Waals surface area contributed by atoms with E-state index in [2.05, 4.69) is 19.2 Å². The monoisotopic (exact) mass is 240 g/mol. The van der Waals surface area contributed by atoms with Crippen molar-refractivity contribution in [3.63, 3.8) is 0 Å². The van der Waals surface area contributed by atoms with Crippen molar-refractivity contribution in [1.82, 2.24) is 5.32 Å². The first-order valence-corrected chi connectivity index (χ1v) is 7.10. The molecule has 0 unspecified atom stereocenters. The molecule has 1 aliphatic rings. The molecule has 0 aliphatic heterocycles. The minimum absolute atomic E-state index is 0.139. The van der Waals surface area contributed by atoms with Crippen LogP contribution >= 0.6 is 0 Å². The average molecular weight is 240 g/mol. The second-order valence-corrected chi connectivity index (χ2v) is 5.80. The first-order valence-electron chi connectivity index (χ1n) is 7.10. The van der Waals surface area contributed by atoms with Crippen LogP contribution in [0.15, 0.2) is 0 Å². The van der Waals surface area contributed by atoms with E-state index in [-0.39, 0.29) is 11.9 Å². The summed E-state index contributed by atoms with van der Waals surface area (Å²) in [6.45, 7) is 6.56. The SMILES string of the molecule is CC[C@H](N[C@@H]1CCC[C@H]1CCC(C)C)C(N)=O. The van der Waals surface area contributed by atoms with Gasteiger partial charge in [-0.15, -0.1) is 0 Å². The lowest BCUT2D eigenvalue weighted by Gasteiger charge is -2.25. The molecular weight excluding hydrogens is 212 g/mol. The lowest BCUT2D eigenvalue weighted by molar-refractivity contribution is -0.120. The van der Waals surface area contributed by atoms with E-state index in [1.54, 1.807) is 0 Å². The quantitative estimate of drug-likeness (QED) is 0.718. The highest BCUT2D eigenvalue weighted by molar-refractivity contribution is 5.79. The molecule has 3 atom stereocenters. The minimum Gasteiger partial charge on any atom is -0.368 e. The van der Waals surface area contributed by atoms with E-state index in [4.69, 9.17) is 5.73 Å². The molecule has 3 heteroatoms. The Labute approximate surface area is 106 Å². The fourth-order valence-electron chi connectivity index (χ4n) is 2.81. The fraction of sp³-hybridized carbons (Fsp3) is 0.929. The molecule has 0 bridgehead atoms. The lowest BCUT2D eigenvalue weighted by Crippen LogP contribution is -2.47. The lowest BCUT2D eigenvalue weighted by atomic mass is 9.93. The third-order valence-corrected chi connectivity index (χ3v) is 3.94. The minimum atomic E-state index is -0.206. The van der Waals surface area contributed by atoms with Gasteiger partial charge >= 0.3 is 0 Å². The van der Waals surface area contributed by atoms with Gasteiger partial charge in [-0.05, 0) is 37.5 Å². The van der Waals surface area contributed by atoms with Crippen molar-refractivity contribution in [3.8, 4) is 0 Å². The van der Waals surface area contributed by atoms with Crippen LogP contribution in [0.4, 0.5) is 0 Å². The fourth-order valence-corrected chi connectivity index (χ4v) is 2.81. The predicted octanol–water partition coefficient (Wildman–Crippen LogP) is 2.44. The highest BCUT2D eigenvalue weighted by Crippen LogP contribution is 2.31. The van der Waals surface area contributed by atoms with Gasteiger partial charge < -0.3 is 11.1 Å². The number of hydrogen-bond acceptors (Lipinski definition) is 2. The van der Waals surface area contributed by atoms with Gasteiger partial charge in [-0.1, -0.05) is 33.6 Å². The number of nitrogens with two attached hydrogens (primary N) is 1. The van der Waals surface area contributed by atoms with Gasteiger partial charge in [0, 0.05) is 6.04 Å². The largest absolute Gasteiger partial charge is 0.368 e. The molecular formula is C14H28N2O. The summed E-state index contributed by atoms with van der Waals surface area (Å²) in [5, 5.41) is 3.46. The van der Waals surface area contributed by atoms with Crippen molar-refractivity contribution in [2.75, 3.05) is 0 Å². The summed E-state index contributed by atoms with van der Waals surface area (Å²) in [4.78, 5) is 11.3. The highest BCUT2D eigenvalue weighted by Gasteiger charge is 2.29. The first-order chi connectivity index (χ1) is 8.04. The number of carbonyl (C=O) groups is 1. The summed E-state index contributed by atoms with van der Waals surface area (Å²) in [5.41, 5.74) is 5.39. The number of rotatable bonds is 7. The summed E-state index contributed by atoms with van der Waals surface area (Å²) >= 11 is 0. The van der Waals surface area contributed by atoms with Gasteiger partial charge in [0.2, 0.25) is 5.91 Å². The molecule has 0 saturated heterocycles. The molecule has 0 aromatic heterocycles.